The zero-order valence-electron chi connectivity index (χ0n) is 14.8. The number of nitrogens with zero attached hydrogens (tertiary/aromatic N) is 4. The smallest absolute Gasteiger partial charge is 0.387 e. The van der Waals surface area contributed by atoms with Crippen molar-refractivity contribution in [2.45, 2.75) is 19.8 Å². The van der Waals surface area contributed by atoms with Crippen LogP contribution in [0.15, 0.2) is 42.5 Å². The summed E-state index contributed by atoms with van der Waals surface area (Å²) in [6, 6.07) is 12.4. The maximum absolute atomic E-state index is 12.4. The molecule has 3 rings (SSSR count). The molecule has 0 aliphatic carbocycles. The number of hydrogen-bond donors (Lipinski definition) is 0. The lowest BCUT2D eigenvalue weighted by molar-refractivity contribution is -0.0512. The van der Waals surface area contributed by atoms with Crippen LogP contribution in [-0.2, 0) is 13.2 Å². The first-order valence-corrected chi connectivity index (χ1v) is 8.51. The molecule has 0 saturated heterocycles. The first-order valence-electron chi connectivity index (χ1n) is 8.10. The van der Waals surface area contributed by atoms with Gasteiger partial charge in [0.05, 0.1) is 19.3 Å². The fourth-order valence-corrected chi connectivity index (χ4v) is 2.98. The van der Waals surface area contributed by atoms with E-state index in [1.54, 1.807) is 16.8 Å². The Morgan fingerprint density at radius 1 is 1.19 bits per heavy atom. The molecule has 3 aromatic rings. The molecule has 27 heavy (non-hydrogen) atoms. The molecule has 142 valence electrons. The maximum atomic E-state index is 12.4. The Balaban J connectivity index is 1.75. The second-order valence-electron chi connectivity index (χ2n) is 5.93. The average molecular weight is 392 g/mol. The van der Waals surface area contributed by atoms with E-state index in [1.807, 2.05) is 36.2 Å². The Labute approximate surface area is 159 Å². The Bertz CT molecular complexity index is 997. The molecule has 0 unspecified atom stereocenters. The highest BCUT2D eigenvalue weighted by molar-refractivity contribution is 7.71. The van der Waals surface area contributed by atoms with Crippen molar-refractivity contribution >= 4 is 23.1 Å². The van der Waals surface area contributed by atoms with E-state index in [2.05, 4.69) is 15.0 Å². The van der Waals surface area contributed by atoms with Gasteiger partial charge in [0.25, 0.3) is 0 Å². The lowest BCUT2D eigenvalue weighted by Crippen LogP contribution is -2.24. The molecule has 0 fully saturated rings. The minimum absolute atomic E-state index is 0.00141. The summed E-state index contributed by atoms with van der Waals surface area (Å²) in [6.45, 7) is -1.95. The number of fused-ring (bicyclic) bond motifs is 1. The first-order chi connectivity index (χ1) is 13.0. The second-order valence-corrected chi connectivity index (χ2v) is 6.32. The van der Waals surface area contributed by atoms with E-state index in [1.165, 1.54) is 13.2 Å². The molecule has 0 aliphatic rings. The van der Waals surface area contributed by atoms with Crippen LogP contribution in [0.25, 0.3) is 10.9 Å². The molecule has 0 aliphatic heterocycles. The van der Waals surface area contributed by atoms with Crippen molar-refractivity contribution < 1.29 is 18.3 Å². The van der Waals surface area contributed by atoms with Crippen molar-refractivity contribution in [1.29, 1.82) is 0 Å². The Morgan fingerprint density at radius 2 is 1.96 bits per heavy atom. The van der Waals surface area contributed by atoms with Gasteiger partial charge in [0.1, 0.15) is 4.64 Å². The number of hydrogen-bond acceptors (Lipinski definition) is 6. The van der Waals surface area contributed by atoms with E-state index in [9.17, 15) is 8.78 Å². The van der Waals surface area contributed by atoms with Gasteiger partial charge >= 0.3 is 6.61 Å². The third-order valence-electron chi connectivity index (χ3n) is 3.90. The summed E-state index contributed by atoms with van der Waals surface area (Å²) >= 11 is 5.50. The highest BCUT2D eigenvalue weighted by Crippen LogP contribution is 2.29. The van der Waals surface area contributed by atoms with Gasteiger partial charge in [-0.15, -0.1) is 5.10 Å². The molecule has 0 amide bonds. The summed E-state index contributed by atoms with van der Waals surface area (Å²) in [6.07, 6.45) is 0. The van der Waals surface area contributed by atoms with Crippen LogP contribution >= 0.6 is 12.2 Å². The van der Waals surface area contributed by atoms with Crippen LogP contribution < -0.4 is 9.47 Å². The van der Waals surface area contributed by atoms with Crippen LogP contribution in [0.4, 0.5) is 8.78 Å². The molecule has 0 atom stereocenters. The normalized spacial score (nSPS) is 11.3. The zero-order valence-corrected chi connectivity index (χ0v) is 15.6. The van der Waals surface area contributed by atoms with E-state index < -0.39 is 6.61 Å². The zero-order chi connectivity index (χ0) is 19.4. The molecule has 0 bridgehead atoms. The third-order valence-corrected chi connectivity index (χ3v) is 4.33. The molecular formula is C18H18F2N4O2S. The number of benzene rings is 2. The first kappa shape index (κ1) is 19.1. The summed E-state index contributed by atoms with van der Waals surface area (Å²) in [5, 5.41) is 9.21. The van der Waals surface area contributed by atoms with Gasteiger partial charge in [0.2, 0.25) is 0 Å². The van der Waals surface area contributed by atoms with Gasteiger partial charge in [-0.2, -0.15) is 8.78 Å². The Hall–Kier alpha value is -2.65. The molecule has 2 aromatic carbocycles. The van der Waals surface area contributed by atoms with Crippen molar-refractivity contribution in [1.82, 2.24) is 19.9 Å². The standard InChI is InChI=1S/C18H18F2N4O2S/c1-23(10-12-7-8-15(26-18(19)20)16(9-12)25-2)11-24-17(27)13-5-3-4-6-14(13)21-22-24/h3-9,18H,10-11H2,1-2H3. The lowest BCUT2D eigenvalue weighted by Gasteiger charge is -2.19. The number of rotatable bonds is 7. The van der Waals surface area contributed by atoms with Crippen molar-refractivity contribution in [3.8, 4) is 11.5 Å². The van der Waals surface area contributed by atoms with Gasteiger partial charge in [-0.3, -0.25) is 4.90 Å². The summed E-state index contributed by atoms with van der Waals surface area (Å²) < 4.78 is 36.7. The van der Waals surface area contributed by atoms with Crippen molar-refractivity contribution in [2.24, 2.45) is 0 Å². The van der Waals surface area contributed by atoms with Crippen LogP contribution in [0.5, 0.6) is 11.5 Å². The van der Waals surface area contributed by atoms with Gasteiger partial charge in [-0.25, -0.2) is 4.68 Å². The third kappa shape index (κ3) is 4.55. The second kappa shape index (κ2) is 8.36. The highest BCUT2D eigenvalue weighted by Gasteiger charge is 2.12. The number of halogens is 2. The van der Waals surface area contributed by atoms with Crippen LogP contribution in [0.1, 0.15) is 5.56 Å². The molecule has 6 nitrogen and oxygen atoms in total. The van der Waals surface area contributed by atoms with Gasteiger partial charge < -0.3 is 9.47 Å². The fourth-order valence-electron chi connectivity index (χ4n) is 2.71. The SMILES string of the molecule is COc1cc(CN(C)Cn2nnc3ccccc3c2=S)ccc1OC(F)F. The largest absolute Gasteiger partial charge is 0.493 e. The number of ether oxygens (including phenoxy) is 2. The molecule has 9 heteroatoms. The topological polar surface area (TPSA) is 52.4 Å². The van der Waals surface area contributed by atoms with Gasteiger partial charge in [-0.05, 0) is 36.9 Å². The average Bonchev–Trinajstić information content (AvgIpc) is 2.65. The fraction of sp³-hybridized carbons (Fsp3) is 0.278. The van der Waals surface area contributed by atoms with E-state index in [-0.39, 0.29) is 11.5 Å². The molecule has 0 spiro atoms. The Kier molecular flexibility index (Phi) is 5.92. The summed E-state index contributed by atoms with van der Waals surface area (Å²) in [5.74, 6) is 0.254. The van der Waals surface area contributed by atoms with Gasteiger partial charge in [0, 0.05) is 11.9 Å². The molecule has 0 N–H and O–H groups in total. The predicted octanol–water partition coefficient (Wildman–Crippen LogP) is 3.86. The highest BCUT2D eigenvalue weighted by atomic mass is 32.1. The van der Waals surface area contributed by atoms with Gasteiger partial charge in [-0.1, -0.05) is 35.6 Å². The molecule has 1 heterocycles. The summed E-state index contributed by atoms with van der Waals surface area (Å²) in [5.41, 5.74) is 1.62. The molecule has 1 aromatic heterocycles. The lowest BCUT2D eigenvalue weighted by atomic mass is 10.2. The summed E-state index contributed by atoms with van der Waals surface area (Å²) in [4.78, 5) is 1.97. The number of methoxy groups -OCH3 is 1. The van der Waals surface area contributed by atoms with Crippen LogP contribution in [0.2, 0.25) is 0 Å². The monoisotopic (exact) mass is 392 g/mol. The van der Waals surface area contributed by atoms with E-state index in [0.717, 1.165) is 16.5 Å². The predicted molar refractivity (Wildman–Crippen MR) is 99.5 cm³/mol. The van der Waals surface area contributed by atoms with Crippen LogP contribution in [0.3, 0.4) is 0 Å². The molecule has 0 saturated carbocycles. The van der Waals surface area contributed by atoms with Crippen molar-refractivity contribution in [2.75, 3.05) is 14.2 Å². The maximum Gasteiger partial charge on any atom is 0.387 e. The quantitative estimate of drug-likeness (QED) is 0.569. The number of aromatic nitrogens is 3. The summed E-state index contributed by atoms with van der Waals surface area (Å²) in [7, 11) is 3.31. The number of alkyl halides is 2. The van der Waals surface area contributed by atoms with Gasteiger partial charge in [0.15, 0.2) is 11.5 Å². The van der Waals surface area contributed by atoms with E-state index in [0.29, 0.717) is 17.9 Å². The van der Waals surface area contributed by atoms with E-state index >= 15 is 0 Å². The molecular weight excluding hydrogens is 374 g/mol. The molecule has 0 radical (unpaired) electrons. The van der Waals surface area contributed by atoms with Crippen molar-refractivity contribution in [3.63, 3.8) is 0 Å². The Morgan fingerprint density at radius 3 is 2.70 bits per heavy atom. The minimum Gasteiger partial charge on any atom is -0.493 e. The van der Waals surface area contributed by atoms with E-state index in [4.69, 9.17) is 17.0 Å². The van der Waals surface area contributed by atoms with Crippen molar-refractivity contribution in [3.05, 3.63) is 52.7 Å². The van der Waals surface area contributed by atoms with Crippen LogP contribution in [0, 0.1) is 4.64 Å². The minimum atomic E-state index is -2.90. The van der Waals surface area contributed by atoms with Crippen LogP contribution in [-0.4, -0.2) is 40.7 Å².